The molecule has 0 saturated carbocycles. The molecule has 0 radical (unpaired) electrons. The van der Waals surface area contributed by atoms with Crippen molar-refractivity contribution in [2.75, 3.05) is 6.54 Å². The fraction of sp³-hybridized carbons (Fsp3) is 0.500. The van der Waals surface area contributed by atoms with Gasteiger partial charge < -0.3 is 16.3 Å². The molecule has 4 N–H and O–H groups in total. The van der Waals surface area contributed by atoms with E-state index in [4.69, 9.17) is 10.9 Å². The van der Waals surface area contributed by atoms with Crippen molar-refractivity contribution in [1.29, 1.82) is 0 Å². The number of nitrogens with two attached hydrogens (primary N) is 1. The molecular weight excluding hydrogens is 273 g/mol. The van der Waals surface area contributed by atoms with Gasteiger partial charge in [-0.1, -0.05) is 5.16 Å². The Labute approximate surface area is 114 Å². The van der Waals surface area contributed by atoms with Gasteiger partial charge in [-0.3, -0.25) is 4.98 Å². The van der Waals surface area contributed by atoms with Gasteiger partial charge in [-0.25, -0.2) is 0 Å². The maximum atomic E-state index is 11.9. The molecule has 0 amide bonds. The second-order valence-electron chi connectivity index (χ2n) is 4.28. The molecule has 1 rings (SSSR count). The summed E-state index contributed by atoms with van der Waals surface area (Å²) in [5.41, 5.74) is 6.62. The van der Waals surface area contributed by atoms with E-state index in [0.29, 0.717) is 25.2 Å². The minimum atomic E-state index is -4.08. The van der Waals surface area contributed by atoms with Crippen LogP contribution in [0.15, 0.2) is 23.5 Å². The summed E-state index contributed by atoms with van der Waals surface area (Å²) in [4.78, 5) is 3.93. The molecule has 0 aliphatic rings. The number of rotatable bonds is 7. The Morgan fingerprint density at radius 3 is 2.80 bits per heavy atom. The number of amidine groups is 1. The Hall–Kier alpha value is -1.83. The smallest absolute Gasteiger partial charge is 0.389 e. The van der Waals surface area contributed by atoms with Gasteiger partial charge in [0.05, 0.1) is 0 Å². The third-order valence-corrected chi connectivity index (χ3v) is 2.59. The molecule has 0 spiro atoms. The molecule has 0 aromatic carbocycles. The van der Waals surface area contributed by atoms with Crippen molar-refractivity contribution in [2.24, 2.45) is 10.9 Å². The zero-order valence-corrected chi connectivity index (χ0v) is 10.8. The molecule has 0 unspecified atom stereocenters. The highest BCUT2D eigenvalue weighted by atomic mass is 19.4. The van der Waals surface area contributed by atoms with Crippen LogP contribution in [0, 0.1) is 0 Å². The summed E-state index contributed by atoms with van der Waals surface area (Å²) in [6, 6.07) is 3.40. The first kappa shape index (κ1) is 16.2. The van der Waals surface area contributed by atoms with Crippen molar-refractivity contribution >= 4 is 5.84 Å². The molecule has 5 nitrogen and oxygen atoms in total. The molecule has 1 aromatic rings. The van der Waals surface area contributed by atoms with Crippen molar-refractivity contribution in [3.8, 4) is 0 Å². The van der Waals surface area contributed by atoms with Crippen LogP contribution in [0.25, 0.3) is 0 Å². The number of halogens is 3. The lowest BCUT2D eigenvalue weighted by atomic mass is 10.2. The third-order valence-electron chi connectivity index (χ3n) is 2.59. The summed E-state index contributed by atoms with van der Waals surface area (Å²) in [6.45, 7) is 0.984. The van der Waals surface area contributed by atoms with Crippen molar-refractivity contribution in [2.45, 2.75) is 32.0 Å². The highest BCUT2D eigenvalue weighted by molar-refractivity contribution is 5.95. The molecule has 8 heteroatoms. The molecule has 112 valence electrons. The van der Waals surface area contributed by atoms with Gasteiger partial charge in [-0.15, -0.1) is 0 Å². The van der Waals surface area contributed by atoms with Crippen molar-refractivity contribution in [1.82, 2.24) is 10.3 Å². The van der Waals surface area contributed by atoms with Crippen LogP contribution in [0.3, 0.4) is 0 Å². The van der Waals surface area contributed by atoms with E-state index >= 15 is 0 Å². The van der Waals surface area contributed by atoms with Crippen molar-refractivity contribution in [3.63, 3.8) is 0 Å². The lowest BCUT2D eigenvalue weighted by molar-refractivity contribution is -0.135. The highest BCUT2D eigenvalue weighted by Crippen LogP contribution is 2.21. The number of unbranched alkanes of at least 4 members (excludes halogenated alkanes) is 1. The Bertz CT molecular complexity index is 449. The zero-order chi connectivity index (χ0) is 15.0. The second kappa shape index (κ2) is 7.68. The average Bonchev–Trinajstić information content (AvgIpc) is 2.41. The number of hydrogen-bond acceptors (Lipinski definition) is 4. The van der Waals surface area contributed by atoms with E-state index in [1.807, 2.05) is 0 Å². The van der Waals surface area contributed by atoms with Gasteiger partial charge in [0.2, 0.25) is 0 Å². The standard InChI is InChI=1S/C12H17F3N4O/c13-12(14,15)4-1-2-5-17-8-9-3-6-18-10(7-9)11(16)19-20/h3,6-7,17,20H,1-2,4-5,8H2,(H2,16,19). The number of nitrogens with one attached hydrogen (secondary N) is 1. The summed E-state index contributed by atoms with van der Waals surface area (Å²) in [5.74, 6) is -0.0861. The fourth-order valence-corrected chi connectivity index (χ4v) is 1.58. The zero-order valence-electron chi connectivity index (χ0n) is 10.8. The lowest BCUT2D eigenvalue weighted by Gasteiger charge is -2.07. The van der Waals surface area contributed by atoms with Crippen LogP contribution in [0.5, 0.6) is 0 Å². The predicted molar refractivity (Wildman–Crippen MR) is 68.4 cm³/mol. The SMILES string of the molecule is N/C(=N/O)c1cc(CNCCCCC(F)(F)F)ccn1. The van der Waals surface area contributed by atoms with Crippen LogP contribution in [0.4, 0.5) is 13.2 Å². The molecule has 0 aliphatic heterocycles. The Morgan fingerprint density at radius 1 is 1.40 bits per heavy atom. The molecule has 0 bridgehead atoms. The largest absolute Gasteiger partial charge is 0.409 e. The van der Waals surface area contributed by atoms with Crippen molar-refractivity contribution < 1.29 is 18.4 Å². The van der Waals surface area contributed by atoms with Crippen LogP contribution in [-0.2, 0) is 6.54 Å². The van der Waals surface area contributed by atoms with E-state index in [2.05, 4.69) is 15.5 Å². The summed E-state index contributed by atoms with van der Waals surface area (Å²) in [6.07, 6.45) is -2.74. The predicted octanol–water partition coefficient (Wildman–Crippen LogP) is 2.00. The Balaban J connectivity index is 2.29. The number of alkyl halides is 3. The summed E-state index contributed by atoms with van der Waals surface area (Å²) >= 11 is 0. The third kappa shape index (κ3) is 6.37. The normalized spacial score (nSPS) is 12.7. The van der Waals surface area contributed by atoms with Crippen LogP contribution < -0.4 is 11.1 Å². The van der Waals surface area contributed by atoms with Gasteiger partial charge in [-0.05, 0) is 37.1 Å². The number of hydrogen-bond donors (Lipinski definition) is 3. The second-order valence-corrected chi connectivity index (χ2v) is 4.28. The van der Waals surface area contributed by atoms with Gasteiger partial charge >= 0.3 is 6.18 Å². The van der Waals surface area contributed by atoms with Crippen LogP contribution in [0.2, 0.25) is 0 Å². The van der Waals surface area contributed by atoms with E-state index < -0.39 is 12.6 Å². The number of oxime groups is 1. The number of pyridine rings is 1. The number of nitrogens with zero attached hydrogens (tertiary/aromatic N) is 2. The highest BCUT2D eigenvalue weighted by Gasteiger charge is 2.25. The van der Waals surface area contributed by atoms with Gasteiger partial charge in [0, 0.05) is 19.2 Å². The van der Waals surface area contributed by atoms with E-state index in [-0.39, 0.29) is 12.3 Å². The molecule has 1 heterocycles. The molecule has 20 heavy (non-hydrogen) atoms. The van der Waals surface area contributed by atoms with E-state index in [9.17, 15) is 13.2 Å². The maximum absolute atomic E-state index is 11.9. The van der Waals surface area contributed by atoms with Gasteiger partial charge in [0.25, 0.3) is 0 Å². The molecule has 1 aromatic heterocycles. The lowest BCUT2D eigenvalue weighted by Crippen LogP contribution is -2.18. The summed E-state index contributed by atoms with van der Waals surface area (Å²) in [7, 11) is 0. The monoisotopic (exact) mass is 290 g/mol. The molecule has 0 aliphatic carbocycles. The van der Waals surface area contributed by atoms with Gasteiger partial charge in [0.15, 0.2) is 5.84 Å². The van der Waals surface area contributed by atoms with Crippen molar-refractivity contribution in [3.05, 3.63) is 29.6 Å². The molecular formula is C12H17F3N4O. The van der Waals surface area contributed by atoms with E-state index in [0.717, 1.165) is 5.56 Å². The number of aromatic nitrogens is 1. The minimum Gasteiger partial charge on any atom is -0.409 e. The minimum absolute atomic E-state index is 0.0861. The van der Waals surface area contributed by atoms with Crippen LogP contribution >= 0.6 is 0 Å². The molecule has 0 atom stereocenters. The van der Waals surface area contributed by atoms with E-state index in [1.165, 1.54) is 6.20 Å². The van der Waals surface area contributed by atoms with Crippen LogP contribution in [0.1, 0.15) is 30.5 Å². The Kier molecular flexibility index (Phi) is 6.23. The first-order valence-electron chi connectivity index (χ1n) is 6.12. The molecule has 0 fully saturated rings. The van der Waals surface area contributed by atoms with Crippen LogP contribution in [-0.4, -0.2) is 28.7 Å². The summed E-state index contributed by atoms with van der Waals surface area (Å²) in [5, 5.41) is 14.4. The first-order valence-corrected chi connectivity index (χ1v) is 6.12. The van der Waals surface area contributed by atoms with Gasteiger partial charge in [0.1, 0.15) is 5.69 Å². The average molecular weight is 290 g/mol. The first-order chi connectivity index (χ1) is 9.42. The van der Waals surface area contributed by atoms with E-state index in [1.54, 1.807) is 12.1 Å². The molecule has 0 saturated heterocycles. The maximum Gasteiger partial charge on any atom is 0.389 e. The Morgan fingerprint density at radius 2 is 2.15 bits per heavy atom. The van der Waals surface area contributed by atoms with Gasteiger partial charge in [-0.2, -0.15) is 13.2 Å². The quantitative estimate of drug-likeness (QED) is 0.236. The fourth-order valence-electron chi connectivity index (χ4n) is 1.58. The summed E-state index contributed by atoms with van der Waals surface area (Å²) < 4.78 is 35.7. The topological polar surface area (TPSA) is 83.5 Å².